The van der Waals surface area contributed by atoms with E-state index < -0.39 is 5.41 Å². The summed E-state index contributed by atoms with van der Waals surface area (Å²) in [6.07, 6.45) is 4.19. The second kappa shape index (κ2) is 6.48. The Balaban J connectivity index is 1.48. The smallest absolute Gasteiger partial charge is 0.270 e. The summed E-state index contributed by atoms with van der Waals surface area (Å²) in [4.78, 5) is 31.4. The van der Waals surface area contributed by atoms with Crippen molar-refractivity contribution in [2.24, 2.45) is 18.4 Å². The zero-order valence-corrected chi connectivity index (χ0v) is 14.7. The van der Waals surface area contributed by atoms with Crippen LogP contribution in [0.3, 0.4) is 0 Å². The Morgan fingerprint density at radius 2 is 2.27 bits per heavy atom. The van der Waals surface area contributed by atoms with Crippen LogP contribution in [0.1, 0.15) is 16.9 Å². The van der Waals surface area contributed by atoms with E-state index >= 15 is 0 Å². The molecule has 7 heteroatoms. The molecular formula is C19H22N4O3. The largest absolute Gasteiger partial charge is 0.477 e. The second-order valence-corrected chi connectivity index (χ2v) is 7.02. The van der Waals surface area contributed by atoms with Gasteiger partial charge in [0.2, 0.25) is 11.8 Å². The van der Waals surface area contributed by atoms with Gasteiger partial charge >= 0.3 is 0 Å². The van der Waals surface area contributed by atoms with E-state index in [-0.39, 0.29) is 17.7 Å². The molecule has 4 heterocycles. The average Bonchev–Trinajstić information content (AvgIpc) is 3.36. The van der Waals surface area contributed by atoms with Crippen molar-refractivity contribution in [3.63, 3.8) is 0 Å². The van der Waals surface area contributed by atoms with Crippen LogP contribution in [0.15, 0.2) is 42.7 Å². The number of pyridine rings is 1. The van der Waals surface area contributed by atoms with Crippen molar-refractivity contribution in [3.8, 4) is 5.88 Å². The SMILES string of the molecule is Cn1cccc1C(=O)N1CC[C@]2(C1)C(=O)NC[C@H]2COc1ccccn1. The van der Waals surface area contributed by atoms with Crippen LogP contribution < -0.4 is 10.1 Å². The van der Waals surface area contributed by atoms with Crippen LogP contribution in [0.2, 0.25) is 0 Å². The number of likely N-dealkylation sites (tertiary alicyclic amines) is 1. The maximum Gasteiger partial charge on any atom is 0.270 e. The van der Waals surface area contributed by atoms with Gasteiger partial charge in [-0.25, -0.2) is 4.98 Å². The fourth-order valence-electron chi connectivity index (χ4n) is 3.98. The lowest BCUT2D eigenvalue weighted by molar-refractivity contribution is -0.128. The summed E-state index contributed by atoms with van der Waals surface area (Å²) in [6, 6.07) is 9.16. The van der Waals surface area contributed by atoms with Gasteiger partial charge in [-0.1, -0.05) is 6.07 Å². The molecule has 2 aliphatic heterocycles. The third-order valence-corrected chi connectivity index (χ3v) is 5.56. The summed E-state index contributed by atoms with van der Waals surface area (Å²) < 4.78 is 7.61. The normalized spacial score (nSPS) is 24.9. The van der Waals surface area contributed by atoms with Gasteiger partial charge < -0.3 is 19.5 Å². The van der Waals surface area contributed by atoms with Crippen molar-refractivity contribution in [3.05, 3.63) is 48.4 Å². The standard InChI is InChI=1S/C19H22N4O3/c1-22-9-4-5-15(22)17(24)23-10-7-19(13-23)14(11-21-18(19)25)12-26-16-6-2-3-8-20-16/h2-6,8-9,14H,7,10-13H2,1H3,(H,21,25)/t14-,19+/m0/s1. The maximum atomic E-state index is 12.8. The number of carbonyl (C=O) groups excluding carboxylic acids is 2. The van der Waals surface area contributed by atoms with Crippen molar-refractivity contribution in [1.29, 1.82) is 0 Å². The Labute approximate surface area is 152 Å². The Bertz CT molecular complexity index is 819. The predicted molar refractivity (Wildman–Crippen MR) is 94.6 cm³/mol. The number of hydrogen-bond donors (Lipinski definition) is 1. The summed E-state index contributed by atoms with van der Waals surface area (Å²) in [7, 11) is 1.85. The maximum absolute atomic E-state index is 12.8. The molecule has 2 amide bonds. The van der Waals surface area contributed by atoms with Gasteiger partial charge in [0.15, 0.2) is 0 Å². The van der Waals surface area contributed by atoms with E-state index in [9.17, 15) is 9.59 Å². The monoisotopic (exact) mass is 354 g/mol. The Hall–Kier alpha value is -2.83. The molecule has 0 aliphatic carbocycles. The lowest BCUT2D eigenvalue weighted by atomic mass is 9.77. The number of hydrogen-bond acceptors (Lipinski definition) is 4. The van der Waals surface area contributed by atoms with Gasteiger partial charge in [-0.3, -0.25) is 9.59 Å². The highest BCUT2D eigenvalue weighted by molar-refractivity contribution is 5.94. The first-order valence-corrected chi connectivity index (χ1v) is 8.83. The molecule has 0 saturated carbocycles. The first-order chi connectivity index (χ1) is 12.6. The van der Waals surface area contributed by atoms with Crippen molar-refractivity contribution in [1.82, 2.24) is 19.8 Å². The van der Waals surface area contributed by atoms with Gasteiger partial charge in [-0.2, -0.15) is 0 Å². The molecule has 2 fully saturated rings. The highest BCUT2D eigenvalue weighted by Crippen LogP contribution is 2.42. The zero-order chi connectivity index (χ0) is 18.1. The summed E-state index contributed by atoms with van der Waals surface area (Å²) in [6.45, 7) is 1.98. The van der Waals surface area contributed by atoms with E-state index in [4.69, 9.17) is 4.74 Å². The molecule has 136 valence electrons. The first kappa shape index (κ1) is 16.6. The molecule has 4 rings (SSSR count). The average molecular weight is 354 g/mol. The Morgan fingerprint density at radius 3 is 3.00 bits per heavy atom. The number of nitrogens with one attached hydrogen (secondary N) is 1. The van der Waals surface area contributed by atoms with Crippen molar-refractivity contribution in [2.45, 2.75) is 6.42 Å². The lowest BCUT2D eigenvalue weighted by Gasteiger charge is -2.28. The quantitative estimate of drug-likeness (QED) is 0.891. The molecule has 0 aromatic carbocycles. The highest BCUT2D eigenvalue weighted by Gasteiger charge is 2.55. The molecule has 0 unspecified atom stereocenters. The van der Waals surface area contributed by atoms with Gasteiger partial charge in [-0.15, -0.1) is 0 Å². The van der Waals surface area contributed by atoms with E-state index in [0.717, 1.165) is 0 Å². The molecule has 7 nitrogen and oxygen atoms in total. The molecule has 1 spiro atoms. The minimum absolute atomic E-state index is 0.0169. The molecule has 0 radical (unpaired) electrons. The summed E-state index contributed by atoms with van der Waals surface area (Å²) in [5.41, 5.74) is 0.0667. The minimum atomic E-state index is -0.574. The first-order valence-electron chi connectivity index (χ1n) is 8.83. The summed E-state index contributed by atoms with van der Waals surface area (Å²) in [5, 5.41) is 2.96. The van der Waals surface area contributed by atoms with Gasteiger partial charge in [-0.05, 0) is 24.6 Å². The van der Waals surface area contributed by atoms with Gasteiger partial charge in [0, 0.05) is 51.1 Å². The molecule has 2 aliphatic rings. The molecule has 2 saturated heterocycles. The van der Waals surface area contributed by atoms with Gasteiger partial charge in [0.25, 0.3) is 5.91 Å². The van der Waals surface area contributed by atoms with E-state index in [0.29, 0.717) is 44.2 Å². The summed E-state index contributed by atoms with van der Waals surface area (Å²) in [5.74, 6) is 0.563. The highest BCUT2D eigenvalue weighted by atomic mass is 16.5. The van der Waals surface area contributed by atoms with Crippen LogP contribution in [-0.2, 0) is 11.8 Å². The number of carbonyl (C=O) groups is 2. The van der Waals surface area contributed by atoms with Gasteiger partial charge in [0.1, 0.15) is 5.69 Å². The van der Waals surface area contributed by atoms with Crippen molar-refractivity contribution >= 4 is 11.8 Å². The van der Waals surface area contributed by atoms with Crippen LogP contribution in [0, 0.1) is 11.3 Å². The predicted octanol–water partition coefficient (Wildman–Crippen LogP) is 1.08. The topological polar surface area (TPSA) is 76.5 Å². The Kier molecular flexibility index (Phi) is 4.14. The zero-order valence-electron chi connectivity index (χ0n) is 14.7. The second-order valence-electron chi connectivity index (χ2n) is 7.02. The Morgan fingerprint density at radius 1 is 1.38 bits per heavy atom. The molecule has 26 heavy (non-hydrogen) atoms. The third-order valence-electron chi connectivity index (χ3n) is 5.56. The summed E-state index contributed by atoms with van der Waals surface area (Å²) >= 11 is 0. The van der Waals surface area contributed by atoms with Crippen molar-refractivity contribution < 1.29 is 14.3 Å². The fraction of sp³-hybridized carbons (Fsp3) is 0.421. The molecule has 0 bridgehead atoms. The van der Waals surface area contributed by atoms with Crippen LogP contribution in [-0.4, -0.2) is 52.5 Å². The number of amides is 2. The molecule has 2 atom stereocenters. The van der Waals surface area contributed by atoms with E-state index in [1.807, 2.05) is 42.1 Å². The molecular weight excluding hydrogens is 332 g/mol. The van der Waals surface area contributed by atoms with Gasteiger partial charge in [0.05, 0.1) is 12.0 Å². The van der Waals surface area contributed by atoms with Crippen LogP contribution in [0.5, 0.6) is 5.88 Å². The third kappa shape index (κ3) is 2.73. The van der Waals surface area contributed by atoms with Crippen LogP contribution in [0.25, 0.3) is 0 Å². The lowest BCUT2D eigenvalue weighted by Crippen LogP contribution is -2.41. The number of aryl methyl sites for hydroxylation is 1. The molecule has 2 aromatic rings. The van der Waals surface area contributed by atoms with Crippen LogP contribution in [0.4, 0.5) is 0 Å². The number of nitrogens with zero attached hydrogens (tertiary/aromatic N) is 3. The minimum Gasteiger partial charge on any atom is -0.477 e. The number of aromatic nitrogens is 2. The number of ether oxygens (including phenoxy) is 1. The molecule has 2 aromatic heterocycles. The van der Waals surface area contributed by atoms with Crippen molar-refractivity contribution in [2.75, 3.05) is 26.2 Å². The van der Waals surface area contributed by atoms with E-state index in [1.54, 1.807) is 17.2 Å². The number of rotatable bonds is 4. The van der Waals surface area contributed by atoms with Crippen LogP contribution >= 0.6 is 0 Å². The molecule has 1 N–H and O–H groups in total. The fourth-order valence-corrected chi connectivity index (χ4v) is 3.98. The van der Waals surface area contributed by atoms with E-state index in [1.165, 1.54) is 0 Å². The van der Waals surface area contributed by atoms with E-state index in [2.05, 4.69) is 10.3 Å².